The summed E-state index contributed by atoms with van der Waals surface area (Å²) in [6.07, 6.45) is 0. The van der Waals surface area contributed by atoms with Crippen LogP contribution >= 0.6 is 23.2 Å². The Labute approximate surface area is 161 Å². The van der Waals surface area contributed by atoms with Gasteiger partial charge in [0.15, 0.2) is 5.76 Å². The van der Waals surface area contributed by atoms with Crippen molar-refractivity contribution in [1.82, 2.24) is 0 Å². The number of hydrogen-bond acceptors (Lipinski definition) is 3. The third kappa shape index (κ3) is 4.59. The number of rotatable bonds is 5. The molecular formula is C20H17Cl2NO3. The Morgan fingerprint density at radius 2 is 1.73 bits per heavy atom. The van der Waals surface area contributed by atoms with Crippen molar-refractivity contribution in [3.8, 4) is 5.75 Å². The smallest absolute Gasteiger partial charge is 0.291 e. The van der Waals surface area contributed by atoms with Crippen LogP contribution < -0.4 is 10.1 Å². The number of nitrogens with one attached hydrogen (secondary N) is 1. The topological polar surface area (TPSA) is 51.5 Å². The normalized spacial score (nSPS) is 10.6. The molecule has 0 aliphatic carbocycles. The van der Waals surface area contributed by atoms with Gasteiger partial charge in [-0.1, -0.05) is 29.3 Å². The van der Waals surface area contributed by atoms with E-state index in [9.17, 15) is 4.79 Å². The lowest BCUT2D eigenvalue weighted by Gasteiger charge is -2.07. The quantitative estimate of drug-likeness (QED) is 0.578. The van der Waals surface area contributed by atoms with Gasteiger partial charge in [0.1, 0.15) is 18.1 Å². The second-order valence-electron chi connectivity index (χ2n) is 5.96. The van der Waals surface area contributed by atoms with Crippen molar-refractivity contribution in [3.05, 3.63) is 81.2 Å². The molecule has 0 fully saturated rings. The maximum atomic E-state index is 12.3. The van der Waals surface area contributed by atoms with Gasteiger partial charge in [-0.15, -0.1) is 0 Å². The van der Waals surface area contributed by atoms with Crippen LogP contribution in [-0.2, 0) is 6.61 Å². The van der Waals surface area contributed by atoms with E-state index in [1.807, 2.05) is 26.0 Å². The molecule has 0 saturated heterocycles. The van der Waals surface area contributed by atoms with E-state index in [1.54, 1.807) is 30.3 Å². The van der Waals surface area contributed by atoms with Crippen LogP contribution in [0.25, 0.3) is 0 Å². The minimum absolute atomic E-state index is 0.190. The number of aryl methyl sites for hydroxylation is 2. The molecule has 0 aliphatic rings. The maximum Gasteiger partial charge on any atom is 0.291 e. The van der Waals surface area contributed by atoms with Gasteiger partial charge in [-0.25, -0.2) is 0 Å². The first-order valence-corrected chi connectivity index (χ1v) is 8.72. The second kappa shape index (κ2) is 7.85. The highest BCUT2D eigenvalue weighted by molar-refractivity contribution is 6.42. The molecule has 3 aromatic rings. The van der Waals surface area contributed by atoms with Crippen molar-refractivity contribution in [2.75, 3.05) is 5.32 Å². The molecule has 1 heterocycles. The zero-order chi connectivity index (χ0) is 18.7. The third-order valence-corrected chi connectivity index (χ3v) is 4.38. The molecule has 0 spiro atoms. The lowest BCUT2D eigenvalue weighted by Crippen LogP contribution is -2.10. The van der Waals surface area contributed by atoms with Crippen molar-refractivity contribution in [3.63, 3.8) is 0 Å². The van der Waals surface area contributed by atoms with Crippen LogP contribution in [0, 0.1) is 13.8 Å². The van der Waals surface area contributed by atoms with E-state index in [-0.39, 0.29) is 18.3 Å². The van der Waals surface area contributed by atoms with Crippen molar-refractivity contribution < 1.29 is 13.9 Å². The lowest BCUT2D eigenvalue weighted by atomic mass is 10.1. The molecule has 0 aliphatic heterocycles. The summed E-state index contributed by atoms with van der Waals surface area (Å²) in [6, 6.07) is 14.2. The molecule has 3 rings (SSSR count). The zero-order valence-corrected chi connectivity index (χ0v) is 15.8. The molecule has 26 heavy (non-hydrogen) atoms. The van der Waals surface area contributed by atoms with Gasteiger partial charge in [-0.3, -0.25) is 4.79 Å². The number of furan rings is 1. The van der Waals surface area contributed by atoms with Crippen LogP contribution in [0.3, 0.4) is 0 Å². The lowest BCUT2D eigenvalue weighted by molar-refractivity contribution is 0.0992. The van der Waals surface area contributed by atoms with Crippen molar-refractivity contribution in [1.29, 1.82) is 0 Å². The van der Waals surface area contributed by atoms with Gasteiger partial charge in [0.2, 0.25) is 0 Å². The number of hydrogen-bond donors (Lipinski definition) is 1. The molecule has 4 nitrogen and oxygen atoms in total. The SMILES string of the molecule is Cc1cc(C)cc(OCc2ccc(C(=O)Nc3ccc(Cl)c(Cl)c3)o2)c1. The Bertz CT molecular complexity index is 930. The van der Waals surface area contributed by atoms with E-state index in [0.29, 0.717) is 21.5 Å². The average Bonchev–Trinajstić information content (AvgIpc) is 3.05. The van der Waals surface area contributed by atoms with Gasteiger partial charge in [-0.2, -0.15) is 0 Å². The molecule has 0 atom stereocenters. The van der Waals surface area contributed by atoms with Crippen molar-refractivity contribution >= 4 is 34.8 Å². The van der Waals surface area contributed by atoms with E-state index >= 15 is 0 Å². The molecule has 1 amide bonds. The summed E-state index contributed by atoms with van der Waals surface area (Å²) in [7, 11) is 0. The highest BCUT2D eigenvalue weighted by atomic mass is 35.5. The van der Waals surface area contributed by atoms with E-state index in [1.165, 1.54) is 0 Å². The van der Waals surface area contributed by atoms with Gasteiger partial charge in [-0.05, 0) is 67.4 Å². The first kappa shape index (κ1) is 18.4. The first-order valence-electron chi connectivity index (χ1n) is 7.97. The highest BCUT2D eigenvalue weighted by Crippen LogP contribution is 2.25. The van der Waals surface area contributed by atoms with Crippen LogP contribution in [0.1, 0.15) is 27.4 Å². The standard InChI is InChI=1S/C20H17Cl2NO3/c1-12-7-13(2)9-16(8-12)25-11-15-4-6-19(26-15)20(24)23-14-3-5-17(21)18(22)10-14/h3-10H,11H2,1-2H3,(H,23,24). The summed E-state index contributed by atoms with van der Waals surface area (Å²) < 4.78 is 11.3. The van der Waals surface area contributed by atoms with Crippen molar-refractivity contribution in [2.45, 2.75) is 20.5 Å². The fourth-order valence-corrected chi connectivity index (χ4v) is 2.81. The molecule has 6 heteroatoms. The molecule has 0 radical (unpaired) electrons. The molecule has 2 aromatic carbocycles. The Kier molecular flexibility index (Phi) is 5.55. The highest BCUT2D eigenvalue weighted by Gasteiger charge is 2.13. The summed E-state index contributed by atoms with van der Waals surface area (Å²) in [5, 5.41) is 3.50. The summed E-state index contributed by atoms with van der Waals surface area (Å²) in [6.45, 7) is 4.26. The van der Waals surface area contributed by atoms with Gasteiger partial charge < -0.3 is 14.5 Å². The number of benzene rings is 2. The number of amides is 1. The van der Waals surface area contributed by atoms with E-state index in [0.717, 1.165) is 16.9 Å². The van der Waals surface area contributed by atoms with Gasteiger partial charge in [0.25, 0.3) is 5.91 Å². The predicted molar refractivity (Wildman–Crippen MR) is 103 cm³/mol. The fourth-order valence-electron chi connectivity index (χ4n) is 2.51. The molecular weight excluding hydrogens is 373 g/mol. The largest absolute Gasteiger partial charge is 0.486 e. The zero-order valence-electron chi connectivity index (χ0n) is 14.3. The van der Waals surface area contributed by atoms with Crippen LogP contribution in [0.5, 0.6) is 5.75 Å². The van der Waals surface area contributed by atoms with Crippen LogP contribution in [0.2, 0.25) is 10.0 Å². The Morgan fingerprint density at radius 1 is 1.00 bits per heavy atom. The predicted octanol–water partition coefficient (Wildman–Crippen LogP) is 6.03. The number of halogens is 2. The first-order chi connectivity index (χ1) is 12.4. The summed E-state index contributed by atoms with van der Waals surface area (Å²) in [4.78, 5) is 12.3. The summed E-state index contributed by atoms with van der Waals surface area (Å²) in [5.41, 5.74) is 2.79. The van der Waals surface area contributed by atoms with E-state index < -0.39 is 0 Å². The Hall–Kier alpha value is -2.43. The van der Waals surface area contributed by atoms with E-state index in [4.69, 9.17) is 32.4 Å². The van der Waals surface area contributed by atoms with Gasteiger partial charge >= 0.3 is 0 Å². The average molecular weight is 390 g/mol. The molecule has 0 bridgehead atoms. The Morgan fingerprint density at radius 3 is 2.42 bits per heavy atom. The summed E-state index contributed by atoms with van der Waals surface area (Å²) >= 11 is 11.8. The monoisotopic (exact) mass is 389 g/mol. The maximum absolute atomic E-state index is 12.3. The third-order valence-electron chi connectivity index (χ3n) is 3.64. The fraction of sp³-hybridized carbons (Fsp3) is 0.150. The van der Waals surface area contributed by atoms with Crippen molar-refractivity contribution in [2.24, 2.45) is 0 Å². The number of carbonyl (C=O) groups excluding carboxylic acids is 1. The molecule has 0 unspecified atom stereocenters. The van der Waals surface area contributed by atoms with Crippen LogP contribution in [0.4, 0.5) is 5.69 Å². The molecule has 1 N–H and O–H groups in total. The number of ether oxygens (including phenoxy) is 1. The minimum Gasteiger partial charge on any atom is -0.486 e. The van der Waals surface area contributed by atoms with Gasteiger partial charge in [0.05, 0.1) is 10.0 Å². The van der Waals surface area contributed by atoms with Gasteiger partial charge in [0, 0.05) is 5.69 Å². The molecule has 134 valence electrons. The number of carbonyl (C=O) groups is 1. The molecule has 0 saturated carbocycles. The molecule has 1 aromatic heterocycles. The van der Waals surface area contributed by atoms with Crippen LogP contribution in [0.15, 0.2) is 52.9 Å². The summed E-state index contributed by atoms with van der Waals surface area (Å²) in [5.74, 6) is 1.14. The Balaban J connectivity index is 1.63. The number of anilines is 1. The van der Waals surface area contributed by atoms with Crippen LogP contribution in [-0.4, -0.2) is 5.91 Å². The second-order valence-corrected chi connectivity index (χ2v) is 6.78. The van der Waals surface area contributed by atoms with E-state index in [2.05, 4.69) is 11.4 Å². The minimum atomic E-state index is -0.374.